The van der Waals surface area contributed by atoms with Crippen LogP contribution in [0.2, 0.25) is 0 Å². The zero-order valence-corrected chi connectivity index (χ0v) is 15.6. The SMILES string of the molecule is CN(CC(=O)N1CCN(c2cccc[nH+]2)CC1)c1ccc2ccccc2c1. The van der Waals surface area contributed by atoms with Crippen molar-refractivity contribution in [1.29, 1.82) is 0 Å². The van der Waals surface area contributed by atoms with Crippen LogP contribution >= 0.6 is 0 Å². The van der Waals surface area contributed by atoms with E-state index in [9.17, 15) is 4.79 Å². The predicted octanol–water partition coefficient (Wildman–Crippen LogP) is 2.44. The molecule has 138 valence electrons. The van der Waals surface area contributed by atoms with E-state index >= 15 is 0 Å². The molecule has 3 aromatic rings. The van der Waals surface area contributed by atoms with Crippen LogP contribution in [0.1, 0.15) is 0 Å². The lowest BCUT2D eigenvalue weighted by Crippen LogP contribution is -2.52. The van der Waals surface area contributed by atoms with Crippen molar-refractivity contribution < 1.29 is 9.78 Å². The predicted molar refractivity (Wildman–Crippen MR) is 109 cm³/mol. The van der Waals surface area contributed by atoms with Crippen LogP contribution < -0.4 is 14.8 Å². The number of H-pyrrole nitrogens is 1. The third-order valence-electron chi connectivity index (χ3n) is 5.21. The van der Waals surface area contributed by atoms with E-state index in [1.54, 1.807) is 0 Å². The van der Waals surface area contributed by atoms with Crippen molar-refractivity contribution in [2.24, 2.45) is 0 Å². The maximum atomic E-state index is 12.7. The van der Waals surface area contributed by atoms with Gasteiger partial charge < -0.3 is 9.80 Å². The van der Waals surface area contributed by atoms with Gasteiger partial charge in [-0.3, -0.25) is 9.69 Å². The van der Waals surface area contributed by atoms with Crippen LogP contribution in [0, 0.1) is 0 Å². The number of nitrogens with zero attached hydrogens (tertiary/aromatic N) is 3. The minimum absolute atomic E-state index is 0.183. The van der Waals surface area contributed by atoms with E-state index < -0.39 is 0 Å². The summed E-state index contributed by atoms with van der Waals surface area (Å²) in [6.07, 6.45) is 1.94. The maximum Gasteiger partial charge on any atom is 0.274 e. The molecule has 5 nitrogen and oxygen atoms in total. The summed E-state index contributed by atoms with van der Waals surface area (Å²) >= 11 is 0. The number of carbonyl (C=O) groups excluding carboxylic acids is 1. The average molecular weight is 361 g/mol. The van der Waals surface area contributed by atoms with E-state index in [2.05, 4.69) is 46.3 Å². The van der Waals surface area contributed by atoms with Gasteiger partial charge in [-0.05, 0) is 29.0 Å². The second kappa shape index (κ2) is 7.66. The standard InChI is InChI=1S/C22H24N4O/c1-24(20-10-9-18-6-2-3-7-19(18)16-20)17-22(27)26-14-12-25(13-15-26)21-8-4-5-11-23-21/h2-11,16H,12-15,17H2,1H3/p+1. The molecule has 2 aromatic carbocycles. The van der Waals surface area contributed by atoms with Gasteiger partial charge in [-0.2, -0.15) is 0 Å². The zero-order valence-electron chi connectivity index (χ0n) is 15.6. The van der Waals surface area contributed by atoms with Gasteiger partial charge in [0.15, 0.2) is 0 Å². The molecule has 1 aromatic heterocycles. The van der Waals surface area contributed by atoms with Gasteiger partial charge in [-0.25, -0.2) is 4.98 Å². The quantitative estimate of drug-likeness (QED) is 0.717. The van der Waals surface area contributed by atoms with E-state index in [1.165, 1.54) is 10.8 Å². The molecule has 1 N–H and O–H groups in total. The Bertz CT molecular complexity index is 920. The highest BCUT2D eigenvalue weighted by Crippen LogP contribution is 2.21. The van der Waals surface area contributed by atoms with Gasteiger partial charge in [0, 0.05) is 18.8 Å². The molecule has 0 spiro atoms. The van der Waals surface area contributed by atoms with E-state index in [4.69, 9.17) is 0 Å². The minimum Gasteiger partial charge on any atom is -0.365 e. The first-order valence-corrected chi connectivity index (χ1v) is 9.40. The summed E-state index contributed by atoms with van der Waals surface area (Å²) < 4.78 is 0. The van der Waals surface area contributed by atoms with Gasteiger partial charge >= 0.3 is 0 Å². The lowest BCUT2D eigenvalue weighted by Gasteiger charge is -2.32. The summed E-state index contributed by atoms with van der Waals surface area (Å²) in [5.74, 6) is 1.29. The number of amides is 1. The number of likely N-dealkylation sites (N-methyl/N-ethyl adjacent to an activating group) is 1. The molecular weight excluding hydrogens is 336 g/mol. The number of anilines is 2. The fourth-order valence-corrected chi connectivity index (χ4v) is 3.59. The topological polar surface area (TPSA) is 40.9 Å². The largest absolute Gasteiger partial charge is 0.365 e. The summed E-state index contributed by atoms with van der Waals surface area (Å²) in [6.45, 7) is 3.62. The number of rotatable bonds is 4. The second-order valence-corrected chi connectivity index (χ2v) is 7.00. The molecule has 1 saturated heterocycles. The summed E-state index contributed by atoms with van der Waals surface area (Å²) in [4.78, 5) is 22.3. The van der Waals surface area contributed by atoms with Crippen LogP contribution in [-0.4, -0.2) is 50.6 Å². The van der Waals surface area contributed by atoms with Gasteiger partial charge in [-0.1, -0.05) is 36.4 Å². The third-order valence-corrected chi connectivity index (χ3v) is 5.21. The number of aromatic amines is 1. The fraction of sp³-hybridized carbons (Fsp3) is 0.273. The Morgan fingerprint density at radius 3 is 2.44 bits per heavy atom. The second-order valence-electron chi connectivity index (χ2n) is 7.00. The zero-order chi connectivity index (χ0) is 18.6. The van der Waals surface area contributed by atoms with E-state index in [-0.39, 0.29) is 5.91 Å². The van der Waals surface area contributed by atoms with Crippen LogP contribution in [0.15, 0.2) is 66.9 Å². The first-order chi connectivity index (χ1) is 13.2. The molecule has 2 heterocycles. The molecule has 1 amide bonds. The lowest BCUT2D eigenvalue weighted by molar-refractivity contribution is -0.364. The first-order valence-electron chi connectivity index (χ1n) is 9.40. The molecule has 0 atom stereocenters. The monoisotopic (exact) mass is 361 g/mol. The molecule has 0 aliphatic carbocycles. The number of hydrogen-bond donors (Lipinski definition) is 0. The number of fused-ring (bicyclic) bond motifs is 1. The fourth-order valence-electron chi connectivity index (χ4n) is 3.59. The summed E-state index contributed by atoms with van der Waals surface area (Å²) in [5.41, 5.74) is 1.07. The molecule has 1 fully saturated rings. The highest BCUT2D eigenvalue weighted by Gasteiger charge is 2.26. The van der Waals surface area contributed by atoms with Crippen molar-refractivity contribution in [2.75, 3.05) is 49.6 Å². The van der Waals surface area contributed by atoms with E-state index in [1.807, 2.05) is 47.3 Å². The molecule has 5 heteroatoms. The number of pyridine rings is 1. The molecule has 0 unspecified atom stereocenters. The van der Waals surface area contributed by atoms with Crippen molar-refractivity contribution in [2.45, 2.75) is 0 Å². The van der Waals surface area contributed by atoms with Crippen LogP contribution in [0.3, 0.4) is 0 Å². The minimum atomic E-state index is 0.183. The Balaban J connectivity index is 1.36. The molecule has 0 saturated carbocycles. The van der Waals surface area contributed by atoms with Crippen molar-refractivity contribution >= 4 is 28.2 Å². The van der Waals surface area contributed by atoms with Gasteiger partial charge in [0.2, 0.25) is 5.91 Å². The third kappa shape index (κ3) is 3.87. The summed E-state index contributed by atoms with van der Waals surface area (Å²) in [6, 6.07) is 20.7. The maximum absolute atomic E-state index is 12.7. The van der Waals surface area contributed by atoms with Crippen LogP contribution in [-0.2, 0) is 4.79 Å². The highest BCUT2D eigenvalue weighted by atomic mass is 16.2. The molecule has 1 aliphatic heterocycles. The van der Waals surface area contributed by atoms with Crippen LogP contribution in [0.5, 0.6) is 0 Å². The molecule has 27 heavy (non-hydrogen) atoms. The lowest BCUT2D eigenvalue weighted by atomic mass is 10.1. The Morgan fingerprint density at radius 1 is 0.963 bits per heavy atom. The number of carbonyl (C=O) groups is 1. The Kier molecular flexibility index (Phi) is 4.92. The van der Waals surface area contributed by atoms with Gasteiger partial charge in [0.05, 0.1) is 25.8 Å². The molecule has 1 aliphatic rings. The normalized spacial score (nSPS) is 14.4. The van der Waals surface area contributed by atoms with Gasteiger partial charge in [0.25, 0.3) is 5.82 Å². The van der Waals surface area contributed by atoms with E-state index in [0.717, 1.165) is 37.7 Å². The van der Waals surface area contributed by atoms with E-state index in [0.29, 0.717) is 6.54 Å². The van der Waals surface area contributed by atoms with Crippen molar-refractivity contribution in [3.8, 4) is 0 Å². The number of benzene rings is 2. The Morgan fingerprint density at radius 2 is 1.70 bits per heavy atom. The summed E-state index contributed by atoms with van der Waals surface area (Å²) in [5, 5.41) is 2.41. The molecule has 0 radical (unpaired) electrons. The summed E-state index contributed by atoms with van der Waals surface area (Å²) in [7, 11) is 1.98. The van der Waals surface area contributed by atoms with Crippen molar-refractivity contribution in [3.05, 3.63) is 66.9 Å². The number of piperazine rings is 1. The number of hydrogen-bond acceptors (Lipinski definition) is 3. The average Bonchev–Trinajstić information content (AvgIpc) is 2.74. The molecule has 0 bridgehead atoms. The number of nitrogens with one attached hydrogen (secondary N) is 1. The Hall–Kier alpha value is -3.08. The highest BCUT2D eigenvalue weighted by molar-refractivity contribution is 5.87. The van der Waals surface area contributed by atoms with Crippen molar-refractivity contribution in [3.63, 3.8) is 0 Å². The Labute approximate surface area is 159 Å². The van der Waals surface area contributed by atoms with Gasteiger partial charge in [-0.15, -0.1) is 0 Å². The molecule has 4 rings (SSSR count). The molecular formula is C22H25N4O+. The first kappa shape index (κ1) is 17.3. The van der Waals surface area contributed by atoms with Crippen LogP contribution in [0.25, 0.3) is 10.8 Å². The van der Waals surface area contributed by atoms with Gasteiger partial charge in [0.1, 0.15) is 13.1 Å². The van der Waals surface area contributed by atoms with Crippen molar-refractivity contribution in [1.82, 2.24) is 4.90 Å². The number of aromatic nitrogens is 1. The van der Waals surface area contributed by atoms with Crippen LogP contribution in [0.4, 0.5) is 11.5 Å². The smallest absolute Gasteiger partial charge is 0.274 e.